The molecule has 4 rings (SSSR count). The summed E-state index contributed by atoms with van der Waals surface area (Å²) in [6.45, 7) is 7.07. The van der Waals surface area contributed by atoms with Gasteiger partial charge in [-0.25, -0.2) is 4.39 Å². The van der Waals surface area contributed by atoms with Gasteiger partial charge in [0.05, 0.1) is 30.0 Å². The van der Waals surface area contributed by atoms with Crippen LogP contribution in [0.25, 0.3) is 10.9 Å². The zero-order chi connectivity index (χ0) is 21.6. The number of rotatable bonds is 7. The second-order valence-corrected chi connectivity index (χ2v) is 7.54. The third-order valence-electron chi connectivity index (χ3n) is 5.44. The van der Waals surface area contributed by atoms with E-state index in [0.29, 0.717) is 35.3 Å². The minimum Gasteiger partial charge on any atom is -0.492 e. The van der Waals surface area contributed by atoms with Gasteiger partial charge < -0.3 is 14.8 Å². The summed E-state index contributed by atoms with van der Waals surface area (Å²) < 4.78 is 25.5. The Morgan fingerprint density at radius 1 is 1.26 bits per heavy atom. The molecule has 6 nitrogen and oxygen atoms in total. The predicted octanol–water partition coefficient (Wildman–Crippen LogP) is 3.88. The van der Waals surface area contributed by atoms with Gasteiger partial charge in [-0.3, -0.25) is 9.88 Å². The molecular formula is C24H25FN4O2. The van der Waals surface area contributed by atoms with Crippen LogP contribution in [0.5, 0.6) is 5.75 Å². The van der Waals surface area contributed by atoms with Gasteiger partial charge in [0.2, 0.25) is 0 Å². The molecule has 2 aromatic carbocycles. The fourth-order valence-electron chi connectivity index (χ4n) is 3.80. The number of morpholine rings is 1. The average Bonchev–Trinajstić information content (AvgIpc) is 2.79. The number of anilines is 1. The van der Waals surface area contributed by atoms with Crippen molar-refractivity contribution >= 4 is 16.6 Å². The van der Waals surface area contributed by atoms with Gasteiger partial charge in [0, 0.05) is 43.3 Å². The van der Waals surface area contributed by atoms with Crippen LogP contribution in [0.4, 0.5) is 10.1 Å². The maximum Gasteiger partial charge on any atom is 0.124 e. The summed E-state index contributed by atoms with van der Waals surface area (Å²) >= 11 is 0. The van der Waals surface area contributed by atoms with Crippen LogP contribution in [-0.4, -0.2) is 49.3 Å². The number of benzene rings is 2. The fourth-order valence-corrected chi connectivity index (χ4v) is 3.80. The van der Waals surface area contributed by atoms with Crippen molar-refractivity contribution in [1.29, 1.82) is 5.26 Å². The second-order valence-electron chi connectivity index (χ2n) is 7.54. The smallest absolute Gasteiger partial charge is 0.124 e. The first-order chi connectivity index (χ1) is 15.2. The molecule has 0 amide bonds. The summed E-state index contributed by atoms with van der Waals surface area (Å²) in [7, 11) is 0. The molecule has 3 aromatic rings. The van der Waals surface area contributed by atoms with Crippen LogP contribution in [0.3, 0.4) is 0 Å². The van der Waals surface area contributed by atoms with Crippen LogP contribution >= 0.6 is 0 Å². The number of nitrogens with zero attached hydrogens (tertiary/aromatic N) is 3. The summed E-state index contributed by atoms with van der Waals surface area (Å²) in [5, 5.41) is 13.5. The van der Waals surface area contributed by atoms with E-state index in [1.54, 1.807) is 0 Å². The van der Waals surface area contributed by atoms with Gasteiger partial charge in [-0.15, -0.1) is 0 Å². The van der Waals surface area contributed by atoms with E-state index in [4.69, 9.17) is 9.47 Å². The molecule has 0 radical (unpaired) electrons. The van der Waals surface area contributed by atoms with Gasteiger partial charge in [-0.2, -0.15) is 5.26 Å². The van der Waals surface area contributed by atoms with Gasteiger partial charge in [-0.1, -0.05) is 18.2 Å². The number of para-hydroxylation sites is 1. The Morgan fingerprint density at radius 2 is 2.06 bits per heavy atom. The fraction of sp³-hybridized carbons (Fsp3) is 0.333. The highest BCUT2D eigenvalue weighted by Gasteiger charge is 2.14. The van der Waals surface area contributed by atoms with Crippen molar-refractivity contribution < 1.29 is 13.9 Å². The number of aromatic nitrogens is 1. The van der Waals surface area contributed by atoms with E-state index in [0.717, 1.165) is 49.7 Å². The molecule has 1 aromatic heterocycles. The number of nitrogens with one attached hydrogen (secondary N) is 1. The van der Waals surface area contributed by atoms with Gasteiger partial charge >= 0.3 is 0 Å². The quantitative estimate of drug-likeness (QED) is 0.626. The molecule has 0 spiro atoms. The zero-order valence-corrected chi connectivity index (χ0v) is 17.5. The molecule has 0 saturated carbocycles. The lowest BCUT2D eigenvalue weighted by Gasteiger charge is -2.26. The normalized spacial score (nSPS) is 14.4. The second kappa shape index (κ2) is 9.73. The van der Waals surface area contributed by atoms with Crippen molar-refractivity contribution in [2.45, 2.75) is 13.5 Å². The van der Waals surface area contributed by atoms with E-state index in [9.17, 15) is 9.65 Å². The minimum atomic E-state index is -0.350. The lowest BCUT2D eigenvalue weighted by atomic mass is 10.1. The van der Waals surface area contributed by atoms with E-state index < -0.39 is 0 Å². The Hall–Kier alpha value is -3.21. The minimum absolute atomic E-state index is 0.350. The first-order valence-electron chi connectivity index (χ1n) is 10.4. The molecule has 1 saturated heterocycles. The molecule has 1 fully saturated rings. The number of fused-ring (bicyclic) bond motifs is 1. The van der Waals surface area contributed by atoms with E-state index in [1.807, 2.05) is 31.2 Å². The summed E-state index contributed by atoms with van der Waals surface area (Å²) in [5.74, 6) is 0.444. The van der Waals surface area contributed by atoms with Crippen LogP contribution in [0.1, 0.15) is 16.7 Å². The van der Waals surface area contributed by atoms with E-state index in [2.05, 4.69) is 21.3 Å². The Bertz CT molecular complexity index is 1110. The molecule has 1 N–H and O–H groups in total. The van der Waals surface area contributed by atoms with Crippen LogP contribution < -0.4 is 10.1 Å². The van der Waals surface area contributed by atoms with Crippen molar-refractivity contribution in [3.05, 3.63) is 65.1 Å². The molecule has 1 aliphatic heterocycles. The third-order valence-corrected chi connectivity index (χ3v) is 5.44. The largest absolute Gasteiger partial charge is 0.492 e. The SMILES string of the molecule is Cc1cc(F)cc2c(NCc3ccccc3OCCN3CCOCC3)c(C#N)cnc12. The van der Waals surface area contributed by atoms with E-state index >= 15 is 0 Å². The summed E-state index contributed by atoms with van der Waals surface area (Å²) in [4.78, 5) is 6.67. The number of halogens is 1. The van der Waals surface area contributed by atoms with Gasteiger partial charge in [0.1, 0.15) is 24.2 Å². The van der Waals surface area contributed by atoms with Crippen molar-refractivity contribution in [3.8, 4) is 11.8 Å². The number of hydrogen-bond acceptors (Lipinski definition) is 6. The lowest BCUT2D eigenvalue weighted by molar-refractivity contribution is 0.0322. The van der Waals surface area contributed by atoms with E-state index in [-0.39, 0.29) is 5.82 Å². The average molecular weight is 420 g/mol. The van der Waals surface area contributed by atoms with Gasteiger partial charge in [-0.05, 0) is 30.7 Å². The summed E-state index contributed by atoms with van der Waals surface area (Å²) in [6.07, 6.45) is 1.53. The molecule has 7 heteroatoms. The molecule has 0 atom stereocenters. The Kier molecular flexibility index (Phi) is 6.60. The van der Waals surface area contributed by atoms with Crippen LogP contribution in [0, 0.1) is 24.1 Å². The summed E-state index contributed by atoms with van der Waals surface area (Å²) in [6, 6.07) is 12.8. The Morgan fingerprint density at radius 3 is 2.87 bits per heavy atom. The molecule has 0 aliphatic carbocycles. The van der Waals surface area contributed by atoms with Crippen molar-refractivity contribution in [1.82, 2.24) is 9.88 Å². The van der Waals surface area contributed by atoms with Crippen LogP contribution in [0.15, 0.2) is 42.6 Å². The third kappa shape index (κ3) is 4.93. The first kappa shape index (κ1) is 21.0. The predicted molar refractivity (Wildman–Crippen MR) is 118 cm³/mol. The highest BCUT2D eigenvalue weighted by atomic mass is 19.1. The Labute approximate surface area is 181 Å². The standard InChI is InChI=1S/C24H25FN4O2/c1-17-12-20(25)13-21-23(17)27-16-19(14-26)24(21)28-15-18-4-2-3-5-22(18)31-11-8-29-6-9-30-10-7-29/h2-5,12-13,16H,6-11,15H2,1H3,(H,27,28). The molecule has 31 heavy (non-hydrogen) atoms. The van der Waals surface area contributed by atoms with E-state index in [1.165, 1.54) is 18.3 Å². The molecular weight excluding hydrogens is 395 g/mol. The van der Waals surface area contributed by atoms with Crippen molar-refractivity contribution in [2.75, 3.05) is 44.8 Å². The molecule has 2 heterocycles. The van der Waals surface area contributed by atoms with Crippen molar-refractivity contribution in [2.24, 2.45) is 0 Å². The van der Waals surface area contributed by atoms with Crippen LogP contribution in [-0.2, 0) is 11.3 Å². The lowest BCUT2D eigenvalue weighted by Crippen LogP contribution is -2.38. The maximum atomic E-state index is 14.1. The van der Waals surface area contributed by atoms with Crippen molar-refractivity contribution in [3.63, 3.8) is 0 Å². The first-order valence-corrected chi connectivity index (χ1v) is 10.4. The highest BCUT2D eigenvalue weighted by molar-refractivity contribution is 5.95. The molecule has 1 aliphatic rings. The highest BCUT2D eigenvalue weighted by Crippen LogP contribution is 2.30. The maximum absolute atomic E-state index is 14.1. The monoisotopic (exact) mass is 420 g/mol. The number of hydrogen-bond donors (Lipinski definition) is 1. The topological polar surface area (TPSA) is 70.4 Å². The molecule has 0 bridgehead atoms. The number of pyridine rings is 1. The van der Waals surface area contributed by atoms with Crippen LogP contribution in [0.2, 0.25) is 0 Å². The summed E-state index contributed by atoms with van der Waals surface area (Å²) in [5.41, 5.74) is 3.33. The Balaban J connectivity index is 1.51. The zero-order valence-electron chi connectivity index (χ0n) is 17.5. The van der Waals surface area contributed by atoms with Gasteiger partial charge in [0.15, 0.2) is 0 Å². The number of nitriles is 1. The molecule has 0 unspecified atom stereocenters. The number of ether oxygens (including phenoxy) is 2. The molecule has 160 valence electrons. The van der Waals surface area contributed by atoms with Gasteiger partial charge in [0.25, 0.3) is 0 Å². The number of aryl methyl sites for hydroxylation is 1.